The van der Waals surface area contributed by atoms with Gasteiger partial charge in [0.2, 0.25) is 5.78 Å². The summed E-state index contributed by atoms with van der Waals surface area (Å²) in [6.45, 7) is 1.36. The molecule has 1 aliphatic heterocycles. The number of carbonyl (C=O) groups excluding carboxylic acids is 2. The number of rotatable bonds is 6. The van der Waals surface area contributed by atoms with Crippen molar-refractivity contribution in [3.05, 3.63) is 104 Å². The number of Topliss-reactive ketones (excluding diaryl/α,β-unsaturated/α-hetero) is 2. The number of aliphatic hydroxyl groups is 2. The summed E-state index contributed by atoms with van der Waals surface area (Å²) in [7, 11) is 0. The molecule has 0 amide bonds. The number of hydrogen-bond donors (Lipinski definition) is 3. The van der Waals surface area contributed by atoms with Crippen LogP contribution in [0.4, 0.5) is 4.39 Å². The molecule has 1 aromatic heterocycles. The molecule has 176 valence electrons. The number of nitrogens with one attached hydrogen (secondary N) is 1. The van der Waals surface area contributed by atoms with Crippen LogP contribution < -0.4 is 11.2 Å². The lowest BCUT2D eigenvalue weighted by Gasteiger charge is -2.28. The van der Waals surface area contributed by atoms with E-state index in [2.05, 4.69) is 0 Å². The van der Waals surface area contributed by atoms with Crippen LogP contribution in [0.1, 0.15) is 33.8 Å². The molecule has 0 saturated carbocycles. The Morgan fingerprint density at radius 2 is 1.68 bits per heavy atom. The lowest BCUT2D eigenvalue weighted by Crippen LogP contribution is -2.56. The maximum atomic E-state index is 15.9. The third kappa shape index (κ3) is 3.81. The van der Waals surface area contributed by atoms with Crippen molar-refractivity contribution in [3.63, 3.8) is 0 Å². The van der Waals surface area contributed by atoms with Crippen LogP contribution in [-0.4, -0.2) is 49.2 Å². The first-order chi connectivity index (χ1) is 16.2. The van der Waals surface area contributed by atoms with Gasteiger partial charge in [-0.15, -0.1) is 0 Å². The summed E-state index contributed by atoms with van der Waals surface area (Å²) in [5.41, 5.74) is -4.77. The van der Waals surface area contributed by atoms with Gasteiger partial charge in [0.1, 0.15) is 6.10 Å². The third-order valence-electron chi connectivity index (χ3n) is 5.81. The fourth-order valence-electron chi connectivity index (χ4n) is 3.95. The summed E-state index contributed by atoms with van der Waals surface area (Å²) in [5, 5.41) is 22.0. The number of aryl methyl sites for hydroxylation is 1. The van der Waals surface area contributed by atoms with Crippen molar-refractivity contribution in [3.8, 4) is 0 Å². The predicted molar refractivity (Wildman–Crippen MR) is 117 cm³/mol. The standard InChI is InChI=1S/C24H21FN2O7/c1-13-12-27(23(32)26-21(13)31)22-18(25)24(33,19(30)15-10-6-3-7-11-15)20(34-22)17(29)16(28)14-8-4-2-5-9-14/h2-12,16,18,20,22,28,33H,1H3,(H,26,31,32)/t16?,18-,20+,22+,24+/m0/s1. The molecular weight excluding hydrogens is 447 g/mol. The molecule has 5 atom stereocenters. The molecule has 34 heavy (non-hydrogen) atoms. The van der Waals surface area contributed by atoms with Crippen LogP contribution in [-0.2, 0) is 9.53 Å². The lowest BCUT2D eigenvalue weighted by atomic mass is 9.81. The van der Waals surface area contributed by atoms with E-state index < -0.39 is 53.0 Å². The van der Waals surface area contributed by atoms with Crippen LogP contribution in [0.2, 0.25) is 0 Å². The number of H-pyrrole nitrogens is 1. The zero-order valence-corrected chi connectivity index (χ0v) is 17.9. The van der Waals surface area contributed by atoms with Crippen LogP contribution >= 0.6 is 0 Å². The van der Waals surface area contributed by atoms with Crippen molar-refractivity contribution in [2.24, 2.45) is 0 Å². The van der Waals surface area contributed by atoms with Gasteiger partial charge in [-0.25, -0.2) is 9.18 Å². The second kappa shape index (κ2) is 8.90. The van der Waals surface area contributed by atoms with E-state index in [1.165, 1.54) is 43.3 Å². The highest BCUT2D eigenvalue weighted by Crippen LogP contribution is 2.43. The average molecular weight is 468 g/mol. The van der Waals surface area contributed by atoms with Crippen LogP contribution in [0.15, 0.2) is 76.4 Å². The van der Waals surface area contributed by atoms with Crippen molar-refractivity contribution in [2.75, 3.05) is 0 Å². The topological polar surface area (TPSA) is 139 Å². The van der Waals surface area contributed by atoms with E-state index in [0.717, 1.165) is 6.20 Å². The first-order valence-electron chi connectivity index (χ1n) is 10.4. The Morgan fingerprint density at radius 1 is 1.09 bits per heavy atom. The number of carbonyl (C=O) groups is 2. The van der Waals surface area contributed by atoms with E-state index in [9.17, 15) is 29.4 Å². The van der Waals surface area contributed by atoms with E-state index in [4.69, 9.17) is 4.74 Å². The number of halogens is 1. The second-order valence-electron chi connectivity index (χ2n) is 8.02. The van der Waals surface area contributed by atoms with Crippen molar-refractivity contribution in [1.29, 1.82) is 0 Å². The van der Waals surface area contributed by atoms with Gasteiger partial charge in [0.25, 0.3) is 5.56 Å². The SMILES string of the molecule is Cc1cn([C@@H]2O[C@H](C(=O)C(O)c3ccccc3)[C@](O)(C(=O)c3ccccc3)[C@H]2F)c(=O)[nH]c1=O. The summed E-state index contributed by atoms with van der Waals surface area (Å²) in [5.74, 6) is -2.33. The van der Waals surface area contributed by atoms with Gasteiger partial charge in [0.15, 0.2) is 29.9 Å². The molecule has 1 unspecified atom stereocenters. The highest BCUT2D eigenvalue weighted by atomic mass is 19.1. The number of benzene rings is 2. The first kappa shape index (κ1) is 23.4. The zero-order chi connectivity index (χ0) is 24.6. The Labute approximate surface area is 192 Å². The molecule has 1 saturated heterocycles. The Hall–Kier alpha value is -3.73. The van der Waals surface area contributed by atoms with Gasteiger partial charge in [-0.2, -0.15) is 0 Å². The Balaban J connectivity index is 1.82. The molecule has 3 N–H and O–H groups in total. The predicted octanol–water partition coefficient (Wildman–Crippen LogP) is 0.997. The van der Waals surface area contributed by atoms with E-state index in [1.807, 2.05) is 4.98 Å². The highest BCUT2D eigenvalue weighted by Gasteiger charge is 2.65. The van der Waals surface area contributed by atoms with E-state index in [1.54, 1.807) is 24.3 Å². The molecule has 2 heterocycles. The average Bonchev–Trinajstić information content (AvgIpc) is 3.12. The molecule has 0 bridgehead atoms. The number of aromatic amines is 1. The lowest BCUT2D eigenvalue weighted by molar-refractivity contribution is -0.148. The number of ether oxygens (including phenoxy) is 1. The van der Waals surface area contributed by atoms with Crippen molar-refractivity contribution in [1.82, 2.24) is 9.55 Å². The number of aromatic nitrogens is 2. The van der Waals surface area contributed by atoms with E-state index >= 15 is 4.39 Å². The molecule has 9 nitrogen and oxygen atoms in total. The number of aliphatic hydroxyl groups excluding tert-OH is 1. The monoisotopic (exact) mass is 468 g/mol. The highest BCUT2D eigenvalue weighted by molar-refractivity contribution is 6.07. The Morgan fingerprint density at radius 3 is 2.29 bits per heavy atom. The molecule has 2 aromatic carbocycles. The van der Waals surface area contributed by atoms with Gasteiger partial charge in [-0.1, -0.05) is 60.7 Å². The molecule has 0 radical (unpaired) electrons. The maximum Gasteiger partial charge on any atom is 0.330 e. The first-order valence-corrected chi connectivity index (χ1v) is 10.4. The Kier molecular flexibility index (Phi) is 6.13. The van der Waals surface area contributed by atoms with Crippen molar-refractivity contribution >= 4 is 11.6 Å². The summed E-state index contributed by atoms with van der Waals surface area (Å²) in [4.78, 5) is 52.6. The van der Waals surface area contributed by atoms with Crippen LogP contribution in [0.3, 0.4) is 0 Å². The van der Waals surface area contributed by atoms with Gasteiger partial charge in [0, 0.05) is 17.3 Å². The third-order valence-corrected chi connectivity index (χ3v) is 5.81. The number of ketones is 2. The van der Waals surface area contributed by atoms with Gasteiger partial charge in [0.05, 0.1) is 0 Å². The number of hydrogen-bond acceptors (Lipinski definition) is 7. The molecule has 1 fully saturated rings. The quantitative estimate of drug-likeness (QED) is 0.459. The molecule has 0 spiro atoms. The van der Waals surface area contributed by atoms with Gasteiger partial charge >= 0.3 is 5.69 Å². The summed E-state index contributed by atoms with van der Waals surface area (Å²) in [6.07, 6.45) is -7.53. The minimum absolute atomic E-state index is 0.0347. The molecule has 4 rings (SSSR count). The largest absolute Gasteiger partial charge is 0.380 e. The summed E-state index contributed by atoms with van der Waals surface area (Å²) in [6, 6.07) is 14.9. The fraction of sp³-hybridized carbons (Fsp3) is 0.250. The number of nitrogens with zero attached hydrogens (tertiary/aromatic N) is 1. The van der Waals surface area contributed by atoms with E-state index in [0.29, 0.717) is 4.57 Å². The minimum Gasteiger partial charge on any atom is -0.380 e. The molecule has 0 aliphatic carbocycles. The number of alkyl halides is 1. The van der Waals surface area contributed by atoms with Gasteiger partial charge in [-0.05, 0) is 12.5 Å². The van der Waals surface area contributed by atoms with Crippen LogP contribution in [0.25, 0.3) is 0 Å². The smallest absolute Gasteiger partial charge is 0.330 e. The van der Waals surface area contributed by atoms with Crippen molar-refractivity contribution < 1.29 is 28.9 Å². The minimum atomic E-state index is -3.07. The maximum absolute atomic E-state index is 15.9. The molecule has 10 heteroatoms. The fourth-order valence-corrected chi connectivity index (χ4v) is 3.95. The van der Waals surface area contributed by atoms with Crippen LogP contribution in [0.5, 0.6) is 0 Å². The van der Waals surface area contributed by atoms with E-state index in [-0.39, 0.29) is 16.7 Å². The van der Waals surface area contributed by atoms with Crippen molar-refractivity contribution in [2.45, 2.75) is 37.1 Å². The summed E-state index contributed by atoms with van der Waals surface area (Å²) < 4.78 is 22.0. The van der Waals surface area contributed by atoms with Gasteiger partial charge < -0.3 is 14.9 Å². The molecule has 3 aromatic rings. The normalized spacial score (nSPS) is 25.1. The molecule has 1 aliphatic rings. The second-order valence-corrected chi connectivity index (χ2v) is 8.02. The summed E-state index contributed by atoms with van der Waals surface area (Å²) >= 11 is 0. The van der Waals surface area contributed by atoms with Gasteiger partial charge in [-0.3, -0.25) is 23.9 Å². The zero-order valence-electron chi connectivity index (χ0n) is 17.9. The molecular formula is C24H21FN2O7. The Bertz CT molecular complexity index is 1340. The van der Waals surface area contributed by atoms with Crippen LogP contribution in [0, 0.1) is 6.92 Å².